The Morgan fingerprint density at radius 2 is 2.15 bits per heavy atom. The number of carbonyl (C=O) groups is 1. The summed E-state index contributed by atoms with van der Waals surface area (Å²) in [7, 11) is 1.91. The first-order chi connectivity index (χ1) is 6.33. The molecule has 0 unspecified atom stereocenters. The largest absolute Gasteiger partial charge is 0.338 e. The van der Waals surface area contributed by atoms with Gasteiger partial charge in [0.25, 0.3) is 0 Å². The quantitative estimate of drug-likeness (QED) is 0.545. The molecular weight excluding hydrogens is 166 g/mol. The summed E-state index contributed by atoms with van der Waals surface area (Å²) in [5, 5.41) is 8.78. The predicted octanol–water partition coefficient (Wildman–Crippen LogP) is 0.448. The van der Waals surface area contributed by atoms with E-state index in [1.807, 2.05) is 7.05 Å². The first kappa shape index (κ1) is 10.3. The van der Waals surface area contributed by atoms with E-state index in [2.05, 4.69) is 16.0 Å². The molecule has 0 bridgehead atoms. The van der Waals surface area contributed by atoms with Crippen molar-refractivity contribution < 1.29 is 4.79 Å². The van der Waals surface area contributed by atoms with Gasteiger partial charge < -0.3 is 16.0 Å². The van der Waals surface area contributed by atoms with Gasteiger partial charge in [0.15, 0.2) is 0 Å². The zero-order valence-corrected chi connectivity index (χ0v) is 8.23. The number of rotatable bonds is 5. The Morgan fingerprint density at radius 3 is 2.69 bits per heavy atom. The maximum Gasteiger partial charge on any atom is 0.315 e. The molecule has 0 aromatic heterocycles. The summed E-state index contributed by atoms with van der Waals surface area (Å²) in [6.45, 7) is 1.70. The second-order valence-electron chi connectivity index (χ2n) is 3.49. The van der Waals surface area contributed by atoms with Gasteiger partial charge in [0.05, 0.1) is 0 Å². The van der Waals surface area contributed by atoms with Gasteiger partial charge >= 0.3 is 6.03 Å². The van der Waals surface area contributed by atoms with E-state index in [-0.39, 0.29) is 6.03 Å². The number of urea groups is 1. The molecule has 2 amide bonds. The van der Waals surface area contributed by atoms with Gasteiger partial charge in [-0.2, -0.15) is 0 Å². The molecule has 76 valence electrons. The molecule has 0 aromatic rings. The summed E-state index contributed by atoms with van der Waals surface area (Å²) >= 11 is 0. The topological polar surface area (TPSA) is 53.2 Å². The minimum Gasteiger partial charge on any atom is -0.338 e. The second kappa shape index (κ2) is 5.80. The van der Waals surface area contributed by atoms with Crippen molar-refractivity contribution in [1.82, 2.24) is 16.0 Å². The first-order valence-electron chi connectivity index (χ1n) is 5.02. The highest BCUT2D eigenvalue weighted by Gasteiger charge is 2.18. The molecule has 1 aliphatic carbocycles. The van der Waals surface area contributed by atoms with Crippen molar-refractivity contribution in [1.29, 1.82) is 0 Å². The predicted molar refractivity (Wildman–Crippen MR) is 52.7 cm³/mol. The summed E-state index contributed by atoms with van der Waals surface area (Å²) in [6.07, 6.45) is 4.52. The Morgan fingerprint density at radius 1 is 1.38 bits per heavy atom. The highest BCUT2D eigenvalue weighted by atomic mass is 16.2. The minimum absolute atomic E-state index is 0.0131. The lowest BCUT2D eigenvalue weighted by molar-refractivity contribution is 0.228. The highest BCUT2D eigenvalue weighted by Crippen LogP contribution is 2.17. The van der Waals surface area contributed by atoms with E-state index in [9.17, 15) is 4.79 Å². The molecule has 0 spiro atoms. The molecule has 1 aliphatic rings. The molecule has 1 rings (SSSR count). The maximum atomic E-state index is 11.2. The van der Waals surface area contributed by atoms with E-state index < -0.39 is 0 Å². The zero-order chi connectivity index (χ0) is 9.52. The van der Waals surface area contributed by atoms with Crippen LogP contribution in [-0.2, 0) is 0 Å². The molecule has 4 heteroatoms. The van der Waals surface area contributed by atoms with Gasteiger partial charge in [0.1, 0.15) is 0 Å². The van der Waals surface area contributed by atoms with Crippen molar-refractivity contribution >= 4 is 6.03 Å². The van der Waals surface area contributed by atoms with Gasteiger partial charge in [-0.05, 0) is 39.3 Å². The lowest BCUT2D eigenvalue weighted by atomic mass is 9.93. The van der Waals surface area contributed by atoms with Crippen LogP contribution in [0.25, 0.3) is 0 Å². The molecule has 13 heavy (non-hydrogen) atoms. The Hall–Kier alpha value is -0.770. The summed E-state index contributed by atoms with van der Waals surface area (Å²) in [6, 6.07) is 0.421. The molecule has 0 aliphatic heterocycles. The van der Waals surface area contributed by atoms with E-state index in [1.165, 1.54) is 6.42 Å². The minimum atomic E-state index is -0.0131. The fourth-order valence-electron chi connectivity index (χ4n) is 1.26. The van der Waals surface area contributed by atoms with E-state index >= 15 is 0 Å². The van der Waals surface area contributed by atoms with Gasteiger partial charge in [-0.1, -0.05) is 0 Å². The monoisotopic (exact) mass is 185 g/mol. The number of nitrogens with one attached hydrogen (secondary N) is 3. The third kappa shape index (κ3) is 4.12. The summed E-state index contributed by atoms with van der Waals surface area (Å²) in [5.74, 6) is 0. The number of carbonyl (C=O) groups excluding carboxylic acids is 1. The third-order valence-corrected chi connectivity index (χ3v) is 2.33. The van der Waals surface area contributed by atoms with Gasteiger partial charge in [0.2, 0.25) is 0 Å². The van der Waals surface area contributed by atoms with Crippen molar-refractivity contribution in [2.24, 2.45) is 0 Å². The normalized spacial score (nSPS) is 16.4. The van der Waals surface area contributed by atoms with Crippen LogP contribution < -0.4 is 16.0 Å². The Kier molecular flexibility index (Phi) is 4.60. The number of hydrogen-bond acceptors (Lipinski definition) is 2. The van der Waals surface area contributed by atoms with Crippen LogP contribution in [0.1, 0.15) is 25.7 Å². The Labute approximate surface area is 79.5 Å². The molecule has 4 nitrogen and oxygen atoms in total. The lowest BCUT2D eigenvalue weighted by Gasteiger charge is -2.26. The van der Waals surface area contributed by atoms with Crippen LogP contribution in [0.5, 0.6) is 0 Å². The standard InChI is InChI=1S/C9H19N3O/c1-10-6-3-7-11-9(13)12-8-4-2-5-8/h8,10H,2-7H2,1H3,(H2,11,12,13). The zero-order valence-electron chi connectivity index (χ0n) is 8.23. The molecule has 0 aromatic carbocycles. The highest BCUT2D eigenvalue weighted by molar-refractivity contribution is 5.74. The SMILES string of the molecule is CNCCCNC(=O)NC1CCC1. The van der Waals surface area contributed by atoms with Crippen molar-refractivity contribution in [2.75, 3.05) is 20.1 Å². The van der Waals surface area contributed by atoms with Crippen LogP contribution >= 0.6 is 0 Å². The van der Waals surface area contributed by atoms with Crippen molar-refractivity contribution in [3.8, 4) is 0 Å². The van der Waals surface area contributed by atoms with Gasteiger partial charge in [-0.25, -0.2) is 4.79 Å². The van der Waals surface area contributed by atoms with Crippen molar-refractivity contribution in [2.45, 2.75) is 31.7 Å². The molecule has 0 heterocycles. The van der Waals surface area contributed by atoms with Crippen LogP contribution in [0, 0.1) is 0 Å². The average molecular weight is 185 g/mol. The van der Waals surface area contributed by atoms with E-state index in [0.29, 0.717) is 6.04 Å². The molecule has 0 atom stereocenters. The maximum absolute atomic E-state index is 11.2. The first-order valence-corrected chi connectivity index (χ1v) is 5.02. The van der Waals surface area contributed by atoms with Crippen LogP contribution in [0.15, 0.2) is 0 Å². The van der Waals surface area contributed by atoms with Crippen molar-refractivity contribution in [3.05, 3.63) is 0 Å². The number of amides is 2. The summed E-state index contributed by atoms with van der Waals surface area (Å²) in [4.78, 5) is 11.2. The van der Waals surface area contributed by atoms with Gasteiger partial charge in [0, 0.05) is 12.6 Å². The smallest absolute Gasteiger partial charge is 0.315 e. The molecule has 1 saturated carbocycles. The van der Waals surface area contributed by atoms with Crippen LogP contribution in [0.2, 0.25) is 0 Å². The van der Waals surface area contributed by atoms with Crippen molar-refractivity contribution in [3.63, 3.8) is 0 Å². The fraction of sp³-hybridized carbons (Fsp3) is 0.889. The number of hydrogen-bond donors (Lipinski definition) is 3. The Bertz CT molecular complexity index is 157. The van der Waals surface area contributed by atoms with E-state index in [4.69, 9.17) is 0 Å². The summed E-state index contributed by atoms with van der Waals surface area (Å²) < 4.78 is 0. The average Bonchev–Trinajstić information content (AvgIpc) is 2.06. The van der Waals surface area contributed by atoms with E-state index in [1.54, 1.807) is 0 Å². The molecular formula is C9H19N3O. The molecule has 0 radical (unpaired) electrons. The molecule has 0 saturated heterocycles. The van der Waals surface area contributed by atoms with Gasteiger partial charge in [-0.3, -0.25) is 0 Å². The fourth-order valence-corrected chi connectivity index (χ4v) is 1.26. The van der Waals surface area contributed by atoms with E-state index in [0.717, 1.165) is 32.4 Å². The van der Waals surface area contributed by atoms with Crippen LogP contribution in [-0.4, -0.2) is 32.2 Å². The van der Waals surface area contributed by atoms with Gasteiger partial charge in [-0.15, -0.1) is 0 Å². The second-order valence-corrected chi connectivity index (χ2v) is 3.49. The molecule has 3 N–H and O–H groups in total. The summed E-state index contributed by atoms with van der Waals surface area (Å²) in [5.41, 5.74) is 0. The van der Waals surface area contributed by atoms with Crippen LogP contribution in [0.3, 0.4) is 0 Å². The Balaban J connectivity index is 1.91. The van der Waals surface area contributed by atoms with Crippen LogP contribution in [0.4, 0.5) is 4.79 Å². The third-order valence-electron chi connectivity index (χ3n) is 2.33. The molecule has 1 fully saturated rings. The lowest BCUT2D eigenvalue weighted by Crippen LogP contribution is -2.45.